The molecule has 29 heavy (non-hydrogen) atoms. The minimum atomic E-state index is -3.26. The Balaban J connectivity index is 1.85. The van der Waals surface area contributed by atoms with Crippen molar-refractivity contribution in [3.8, 4) is 11.6 Å². The first kappa shape index (κ1) is 21.1. The van der Waals surface area contributed by atoms with Crippen LogP contribution in [0, 0.1) is 6.92 Å². The summed E-state index contributed by atoms with van der Waals surface area (Å²) >= 11 is 1.36. The van der Waals surface area contributed by atoms with Crippen LogP contribution in [0.15, 0.2) is 57.0 Å². The van der Waals surface area contributed by atoms with E-state index in [1.807, 2.05) is 13.2 Å². The zero-order chi connectivity index (χ0) is 21.2. The molecule has 0 fully saturated rings. The van der Waals surface area contributed by atoms with Gasteiger partial charge in [0, 0.05) is 6.26 Å². The third-order valence-corrected chi connectivity index (χ3v) is 6.19. The third kappa shape index (κ3) is 4.68. The molecule has 7 nitrogen and oxygen atoms in total. The van der Waals surface area contributed by atoms with Crippen LogP contribution in [-0.4, -0.2) is 36.8 Å². The van der Waals surface area contributed by atoms with E-state index in [2.05, 4.69) is 15.3 Å². The van der Waals surface area contributed by atoms with E-state index in [0.29, 0.717) is 27.9 Å². The summed E-state index contributed by atoms with van der Waals surface area (Å²) in [7, 11) is -3.26. The molecule has 0 aliphatic carbocycles. The number of benzene rings is 1. The van der Waals surface area contributed by atoms with E-state index in [1.165, 1.54) is 23.9 Å². The third-order valence-electron chi connectivity index (χ3n) is 4.37. The molecule has 1 aromatic carbocycles. The molecule has 0 spiro atoms. The number of furan rings is 1. The van der Waals surface area contributed by atoms with Gasteiger partial charge in [-0.3, -0.25) is 4.79 Å². The van der Waals surface area contributed by atoms with Gasteiger partial charge in [0.15, 0.2) is 21.4 Å². The largest absolute Gasteiger partial charge is 0.461 e. The summed E-state index contributed by atoms with van der Waals surface area (Å²) in [6.07, 6.45) is 4.55. The zero-order valence-electron chi connectivity index (χ0n) is 16.5. The van der Waals surface area contributed by atoms with Crippen LogP contribution >= 0.6 is 11.8 Å². The van der Waals surface area contributed by atoms with Crippen LogP contribution in [0.25, 0.3) is 11.6 Å². The Hall–Kier alpha value is -2.65. The number of carbonyl (C=O) groups excluding carboxylic acids is 1. The molecule has 0 saturated carbocycles. The number of nitrogens with one attached hydrogen (secondary N) is 1. The number of aromatic nitrogens is 2. The van der Waals surface area contributed by atoms with Crippen molar-refractivity contribution in [1.29, 1.82) is 0 Å². The Kier molecular flexibility index (Phi) is 6.09. The van der Waals surface area contributed by atoms with Crippen LogP contribution in [0.2, 0.25) is 0 Å². The molecule has 2 aromatic heterocycles. The topological polar surface area (TPSA) is 102 Å². The quantitative estimate of drug-likeness (QED) is 0.469. The maximum absolute atomic E-state index is 12.9. The molecule has 0 saturated heterocycles. The van der Waals surface area contributed by atoms with Gasteiger partial charge in [-0.2, -0.15) is 0 Å². The maximum atomic E-state index is 12.9. The standard InChI is InChI=1S/C20H21N3O4S2/c1-12(14-7-9-15(10-8-14)29(4,25)26)22-19(24)17-13(2)21-18(23-20(17)28-3)16-6-5-11-27-16/h5-12H,1-4H3,(H,22,24). The molecular weight excluding hydrogens is 410 g/mol. The second kappa shape index (κ2) is 8.38. The van der Waals surface area contributed by atoms with Crippen molar-refractivity contribution in [3.63, 3.8) is 0 Å². The molecule has 0 bridgehead atoms. The summed E-state index contributed by atoms with van der Waals surface area (Å²) in [6, 6.07) is 9.65. The second-order valence-corrected chi connectivity index (χ2v) is 9.34. The van der Waals surface area contributed by atoms with Crippen LogP contribution in [-0.2, 0) is 9.84 Å². The van der Waals surface area contributed by atoms with Crippen LogP contribution in [0.5, 0.6) is 0 Å². The predicted molar refractivity (Wildman–Crippen MR) is 112 cm³/mol. The van der Waals surface area contributed by atoms with Gasteiger partial charge in [0.25, 0.3) is 5.91 Å². The van der Waals surface area contributed by atoms with Crippen LogP contribution in [0.4, 0.5) is 0 Å². The van der Waals surface area contributed by atoms with Gasteiger partial charge in [-0.1, -0.05) is 12.1 Å². The summed E-state index contributed by atoms with van der Waals surface area (Å²) in [5.74, 6) is 0.671. The Morgan fingerprint density at radius 2 is 1.86 bits per heavy atom. The van der Waals surface area contributed by atoms with Gasteiger partial charge >= 0.3 is 0 Å². The van der Waals surface area contributed by atoms with Gasteiger partial charge in [0.1, 0.15) is 5.03 Å². The maximum Gasteiger partial charge on any atom is 0.256 e. The minimum Gasteiger partial charge on any atom is -0.461 e. The van der Waals surface area contributed by atoms with E-state index >= 15 is 0 Å². The molecule has 2 heterocycles. The fourth-order valence-corrected chi connectivity index (χ4v) is 4.08. The highest BCUT2D eigenvalue weighted by Crippen LogP contribution is 2.26. The average Bonchev–Trinajstić information content (AvgIpc) is 3.21. The van der Waals surface area contributed by atoms with Crippen molar-refractivity contribution in [2.45, 2.75) is 29.8 Å². The molecule has 1 N–H and O–H groups in total. The lowest BCUT2D eigenvalue weighted by Gasteiger charge is -2.17. The van der Waals surface area contributed by atoms with Gasteiger partial charge in [-0.25, -0.2) is 18.4 Å². The molecule has 1 unspecified atom stereocenters. The van der Waals surface area contributed by atoms with Crippen molar-refractivity contribution >= 4 is 27.5 Å². The number of nitrogens with zero attached hydrogens (tertiary/aromatic N) is 2. The normalized spacial score (nSPS) is 12.6. The lowest BCUT2D eigenvalue weighted by molar-refractivity contribution is 0.0935. The van der Waals surface area contributed by atoms with Crippen molar-refractivity contribution in [2.24, 2.45) is 0 Å². The van der Waals surface area contributed by atoms with Crippen molar-refractivity contribution < 1.29 is 17.6 Å². The lowest BCUT2D eigenvalue weighted by Crippen LogP contribution is -2.28. The highest BCUT2D eigenvalue weighted by Gasteiger charge is 2.21. The number of carbonyl (C=O) groups is 1. The van der Waals surface area contributed by atoms with Crippen molar-refractivity contribution in [3.05, 3.63) is 59.5 Å². The first-order valence-corrected chi connectivity index (χ1v) is 11.9. The number of thioether (sulfide) groups is 1. The van der Waals surface area contributed by atoms with E-state index in [4.69, 9.17) is 4.42 Å². The molecular formula is C20H21N3O4S2. The smallest absolute Gasteiger partial charge is 0.256 e. The Bertz CT molecular complexity index is 1130. The minimum absolute atomic E-state index is 0.238. The molecule has 9 heteroatoms. The number of hydrogen-bond donors (Lipinski definition) is 1. The first-order valence-electron chi connectivity index (χ1n) is 8.78. The van der Waals surface area contributed by atoms with Crippen LogP contribution in [0.3, 0.4) is 0 Å². The highest BCUT2D eigenvalue weighted by molar-refractivity contribution is 7.98. The Labute approximate surface area is 173 Å². The number of hydrogen-bond acceptors (Lipinski definition) is 7. The van der Waals surface area contributed by atoms with Gasteiger partial charge in [-0.15, -0.1) is 11.8 Å². The van der Waals surface area contributed by atoms with Gasteiger partial charge < -0.3 is 9.73 Å². The summed E-state index contributed by atoms with van der Waals surface area (Å²) < 4.78 is 28.6. The summed E-state index contributed by atoms with van der Waals surface area (Å²) in [4.78, 5) is 22.1. The summed E-state index contributed by atoms with van der Waals surface area (Å²) in [5.41, 5.74) is 1.75. The van der Waals surface area contributed by atoms with Crippen LogP contribution < -0.4 is 5.32 Å². The summed E-state index contributed by atoms with van der Waals surface area (Å²) in [5, 5.41) is 3.49. The van der Waals surface area contributed by atoms with Crippen molar-refractivity contribution in [1.82, 2.24) is 15.3 Å². The number of sulfone groups is 1. The number of rotatable bonds is 6. The fraction of sp³-hybridized carbons (Fsp3) is 0.250. The molecule has 0 radical (unpaired) electrons. The Morgan fingerprint density at radius 1 is 1.17 bits per heavy atom. The fourth-order valence-electron chi connectivity index (χ4n) is 2.83. The second-order valence-electron chi connectivity index (χ2n) is 6.53. The van der Waals surface area contributed by atoms with E-state index in [1.54, 1.807) is 37.5 Å². The lowest BCUT2D eigenvalue weighted by atomic mass is 10.1. The highest BCUT2D eigenvalue weighted by atomic mass is 32.2. The van der Waals surface area contributed by atoms with E-state index in [9.17, 15) is 13.2 Å². The van der Waals surface area contributed by atoms with E-state index in [-0.39, 0.29) is 16.8 Å². The number of aryl methyl sites for hydroxylation is 1. The molecule has 3 aromatic rings. The van der Waals surface area contributed by atoms with Crippen LogP contribution in [0.1, 0.15) is 34.6 Å². The van der Waals surface area contributed by atoms with Gasteiger partial charge in [0.05, 0.1) is 28.5 Å². The first-order chi connectivity index (χ1) is 13.7. The molecule has 3 rings (SSSR count). The number of amides is 1. The van der Waals surface area contributed by atoms with Gasteiger partial charge in [0.2, 0.25) is 0 Å². The van der Waals surface area contributed by atoms with E-state index in [0.717, 1.165) is 11.8 Å². The van der Waals surface area contributed by atoms with Crippen molar-refractivity contribution in [2.75, 3.05) is 12.5 Å². The molecule has 1 atom stereocenters. The SMILES string of the molecule is CSc1nc(-c2ccco2)nc(C)c1C(=O)NC(C)c1ccc(S(C)(=O)=O)cc1. The molecule has 0 aliphatic heterocycles. The zero-order valence-corrected chi connectivity index (χ0v) is 18.1. The molecule has 152 valence electrons. The monoisotopic (exact) mass is 431 g/mol. The molecule has 0 aliphatic rings. The van der Waals surface area contributed by atoms with E-state index < -0.39 is 9.84 Å². The average molecular weight is 432 g/mol. The van der Waals surface area contributed by atoms with Gasteiger partial charge in [-0.05, 0) is 49.9 Å². The Morgan fingerprint density at radius 3 is 2.41 bits per heavy atom. The molecule has 1 amide bonds. The summed E-state index contributed by atoms with van der Waals surface area (Å²) in [6.45, 7) is 3.59. The predicted octanol–water partition coefficient (Wildman–Crippen LogP) is 3.66.